The number of hydrogen-bond acceptors (Lipinski definition) is 6. The van der Waals surface area contributed by atoms with E-state index in [4.69, 9.17) is 19.3 Å². The quantitative estimate of drug-likeness (QED) is 0.0356. The van der Waals surface area contributed by atoms with E-state index in [1.165, 1.54) is 180 Å². The Morgan fingerprint density at radius 1 is 0.463 bits per heavy atom. The molecule has 0 saturated carbocycles. The van der Waals surface area contributed by atoms with Gasteiger partial charge < -0.3 is 19.3 Å². The van der Waals surface area contributed by atoms with Gasteiger partial charge in [0, 0.05) is 12.8 Å². The first-order valence-electron chi connectivity index (χ1n) is 23.2. The molecule has 0 aliphatic carbocycles. The molecule has 0 aromatic rings. The van der Waals surface area contributed by atoms with E-state index in [9.17, 15) is 14.2 Å². The zero-order valence-electron chi connectivity index (χ0n) is 35.8. The van der Waals surface area contributed by atoms with Crippen LogP contribution in [0.25, 0.3) is 0 Å². The number of rotatable bonds is 43. The van der Waals surface area contributed by atoms with Crippen molar-refractivity contribution >= 4 is 19.8 Å². The molecule has 1 atom stereocenters. The third-order valence-corrected chi connectivity index (χ3v) is 11.0. The van der Waals surface area contributed by atoms with Crippen molar-refractivity contribution in [3.05, 3.63) is 0 Å². The van der Waals surface area contributed by atoms with Crippen LogP contribution in [0.5, 0.6) is 0 Å². The number of esters is 2. The van der Waals surface area contributed by atoms with E-state index < -0.39 is 32.5 Å². The van der Waals surface area contributed by atoms with E-state index >= 15 is 0 Å². The van der Waals surface area contributed by atoms with Crippen molar-refractivity contribution in [1.29, 1.82) is 0 Å². The number of hydrogen-bond donors (Lipinski definition) is 2. The van der Waals surface area contributed by atoms with Crippen LogP contribution < -0.4 is 0 Å². The molecule has 0 unspecified atom stereocenters. The molecule has 0 aromatic heterocycles. The molecule has 322 valence electrons. The van der Waals surface area contributed by atoms with Gasteiger partial charge in [-0.05, 0) is 18.8 Å². The summed E-state index contributed by atoms with van der Waals surface area (Å²) in [7, 11) is -4.75. The Labute approximate surface area is 334 Å². The molecule has 0 amide bonds. The topological polar surface area (TPSA) is 119 Å². The standard InChI is InChI=1S/C45H89O8P/c1-4-5-6-7-8-9-10-11-12-13-18-21-24-27-30-33-36-39-45(47)53-43(41-52-54(48,49)50)40-51-44(46)38-35-32-29-26-23-20-17-15-14-16-19-22-25-28-31-34-37-42(2)3/h42-43H,4-41H2,1-3H3,(H2,48,49,50)/t43-/m1/s1. The maximum atomic E-state index is 12.4. The highest BCUT2D eigenvalue weighted by atomic mass is 31.2. The molecule has 0 fully saturated rings. The highest BCUT2D eigenvalue weighted by molar-refractivity contribution is 7.46. The van der Waals surface area contributed by atoms with Crippen molar-refractivity contribution in [2.75, 3.05) is 13.2 Å². The molecule has 0 aromatic carbocycles. The number of ether oxygens (including phenoxy) is 2. The first-order valence-corrected chi connectivity index (χ1v) is 24.7. The minimum absolute atomic E-state index is 0.220. The minimum atomic E-state index is -4.75. The lowest BCUT2D eigenvalue weighted by molar-refractivity contribution is -0.161. The summed E-state index contributed by atoms with van der Waals surface area (Å²) in [6.45, 7) is 6.09. The molecule has 0 aliphatic rings. The molecule has 54 heavy (non-hydrogen) atoms. The van der Waals surface area contributed by atoms with Crippen molar-refractivity contribution in [1.82, 2.24) is 0 Å². The summed E-state index contributed by atoms with van der Waals surface area (Å²) in [4.78, 5) is 43.0. The Morgan fingerprint density at radius 2 is 0.778 bits per heavy atom. The third kappa shape index (κ3) is 43.8. The van der Waals surface area contributed by atoms with E-state index in [0.29, 0.717) is 6.42 Å². The number of carbonyl (C=O) groups excluding carboxylic acids is 2. The van der Waals surface area contributed by atoms with Gasteiger partial charge in [0.25, 0.3) is 0 Å². The zero-order chi connectivity index (χ0) is 39.8. The van der Waals surface area contributed by atoms with Gasteiger partial charge in [0.1, 0.15) is 6.61 Å². The average molecular weight is 789 g/mol. The van der Waals surface area contributed by atoms with Crippen molar-refractivity contribution in [2.24, 2.45) is 5.92 Å². The summed E-state index contributed by atoms with van der Waals surface area (Å²) in [6.07, 6.45) is 42.6. The largest absolute Gasteiger partial charge is 0.469 e. The molecule has 8 nitrogen and oxygen atoms in total. The van der Waals surface area contributed by atoms with Gasteiger partial charge in [-0.2, -0.15) is 0 Å². The fraction of sp³-hybridized carbons (Fsp3) is 0.956. The van der Waals surface area contributed by atoms with E-state index in [2.05, 4.69) is 25.3 Å². The number of phosphoric ester groups is 1. The van der Waals surface area contributed by atoms with Gasteiger partial charge in [-0.3, -0.25) is 14.1 Å². The monoisotopic (exact) mass is 789 g/mol. The summed E-state index contributed by atoms with van der Waals surface area (Å²) in [5.74, 6) is -0.0219. The summed E-state index contributed by atoms with van der Waals surface area (Å²) in [5, 5.41) is 0. The van der Waals surface area contributed by atoms with Crippen LogP contribution in [0.3, 0.4) is 0 Å². The van der Waals surface area contributed by atoms with Gasteiger partial charge in [0.2, 0.25) is 0 Å². The summed E-state index contributed by atoms with van der Waals surface area (Å²) >= 11 is 0. The molecule has 0 radical (unpaired) electrons. The van der Waals surface area contributed by atoms with Crippen LogP contribution in [0, 0.1) is 5.92 Å². The van der Waals surface area contributed by atoms with Gasteiger partial charge in [-0.1, -0.05) is 226 Å². The van der Waals surface area contributed by atoms with E-state index in [1.54, 1.807) is 0 Å². The normalized spacial score (nSPS) is 12.4. The lowest BCUT2D eigenvalue weighted by atomic mass is 10.0. The first kappa shape index (κ1) is 53.0. The Kier molecular flexibility index (Phi) is 39.5. The van der Waals surface area contributed by atoms with Crippen molar-refractivity contribution in [3.63, 3.8) is 0 Å². The van der Waals surface area contributed by atoms with Gasteiger partial charge >= 0.3 is 19.8 Å². The van der Waals surface area contributed by atoms with Gasteiger partial charge in [0.05, 0.1) is 6.61 Å². The Morgan fingerprint density at radius 3 is 1.11 bits per heavy atom. The smallest absolute Gasteiger partial charge is 0.462 e. The molecular formula is C45H89O8P. The first-order chi connectivity index (χ1) is 26.1. The van der Waals surface area contributed by atoms with Crippen LogP contribution in [0.15, 0.2) is 0 Å². The molecule has 0 rings (SSSR count). The molecule has 0 spiro atoms. The Bertz CT molecular complexity index is 861. The molecule has 2 N–H and O–H groups in total. The summed E-state index contributed by atoms with van der Waals surface area (Å²) < 4.78 is 26.5. The average Bonchev–Trinajstić information content (AvgIpc) is 3.13. The second kappa shape index (κ2) is 40.3. The molecule has 0 bridgehead atoms. The fourth-order valence-corrected chi connectivity index (χ4v) is 7.45. The lowest BCUT2D eigenvalue weighted by Gasteiger charge is -2.18. The SMILES string of the molecule is CCCCCCCCCCCCCCCCCCCC(=O)O[C@H](COC(=O)CCCCCCCCCCCCCCCCCCC(C)C)COP(=O)(O)O. The third-order valence-electron chi connectivity index (χ3n) is 10.6. The van der Waals surface area contributed by atoms with Crippen LogP contribution in [0.1, 0.15) is 252 Å². The van der Waals surface area contributed by atoms with Crippen LogP contribution >= 0.6 is 7.82 Å². The number of carbonyl (C=O) groups is 2. The van der Waals surface area contributed by atoms with E-state index in [1.807, 2.05) is 0 Å². The molecule has 0 aliphatic heterocycles. The lowest BCUT2D eigenvalue weighted by Crippen LogP contribution is -2.29. The van der Waals surface area contributed by atoms with Gasteiger partial charge in [-0.15, -0.1) is 0 Å². The van der Waals surface area contributed by atoms with Crippen LogP contribution in [0.2, 0.25) is 0 Å². The predicted molar refractivity (Wildman–Crippen MR) is 226 cm³/mol. The fourth-order valence-electron chi connectivity index (χ4n) is 7.09. The summed E-state index contributed by atoms with van der Waals surface area (Å²) in [5.41, 5.74) is 0. The van der Waals surface area contributed by atoms with Gasteiger partial charge in [-0.25, -0.2) is 4.57 Å². The second-order valence-corrected chi connectivity index (χ2v) is 17.8. The van der Waals surface area contributed by atoms with Crippen LogP contribution in [0.4, 0.5) is 0 Å². The highest BCUT2D eigenvalue weighted by Gasteiger charge is 2.23. The van der Waals surface area contributed by atoms with E-state index in [0.717, 1.165) is 38.0 Å². The summed E-state index contributed by atoms with van der Waals surface area (Å²) in [6, 6.07) is 0. The molecule has 0 heterocycles. The zero-order valence-corrected chi connectivity index (χ0v) is 36.7. The van der Waals surface area contributed by atoms with Gasteiger partial charge in [0.15, 0.2) is 6.10 Å². The predicted octanol–water partition coefficient (Wildman–Crippen LogP) is 14.3. The van der Waals surface area contributed by atoms with E-state index in [-0.39, 0.29) is 19.4 Å². The van der Waals surface area contributed by atoms with Crippen molar-refractivity contribution in [3.8, 4) is 0 Å². The maximum absolute atomic E-state index is 12.4. The van der Waals surface area contributed by atoms with Crippen LogP contribution in [-0.2, 0) is 28.2 Å². The Hall–Kier alpha value is -0.950. The Balaban J connectivity index is 3.81. The highest BCUT2D eigenvalue weighted by Crippen LogP contribution is 2.36. The molecule has 0 saturated heterocycles. The maximum Gasteiger partial charge on any atom is 0.469 e. The molecule has 9 heteroatoms. The minimum Gasteiger partial charge on any atom is -0.462 e. The number of phosphoric acid groups is 1. The second-order valence-electron chi connectivity index (χ2n) is 16.6. The van der Waals surface area contributed by atoms with Crippen molar-refractivity contribution in [2.45, 2.75) is 258 Å². The molecular weight excluding hydrogens is 699 g/mol. The number of unbranched alkanes of at least 4 members (excludes halogenated alkanes) is 31. The van der Waals surface area contributed by atoms with Crippen LogP contribution in [-0.4, -0.2) is 41.0 Å². The van der Waals surface area contributed by atoms with Crippen molar-refractivity contribution < 1.29 is 37.9 Å².